The molecule has 0 radical (unpaired) electrons. The predicted octanol–water partition coefficient (Wildman–Crippen LogP) is 4.80. The first-order valence-corrected chi connectivity index (χ1v) is 7.25. The maximum atomic E-state index is 10.8. The zero-order valence-electron chi connectivity index (χ0n) is 12.4. The summed E-state index contributed by atoms with van der Waals surface area (Å²) < 4.78 is 0. The van der Waals surface area contributed by atoms with Crippen LogP contribution in [0.4, 0.5) is 5.69 Å². The molecule has 3 aromatic rings. The third kappa shape index (κ3) is 3.71. The van der Waals surface area contributed by atoms with E-state index in [-0.39, 0.29) is 5.56 Å². The third-order valence-corrected chi connectivity index (χ3v) is 3.49. The Bertz CT molecular complexity index is 820. The number of benzene rings is 3. The van der Waals surface area contributed by atoms with Gasteiger partial charge in [-0.2, -0.15) is 0 Å². The summed E-state index contributed by atoms with van der Waals surface area (Å²) in [7, 11) is 0. The Balaban J connectivity index is 1.74. The summed E-state index contributed by atoms with van der Waals surface area (Å²) in [5.41, 5.74) is 4.32. The number of hydrogen-bond acceptors (Lipinski definition) is 2. The largest absolute Gasteiger partial charge is 0.478 e. The average Bonchev–Trinajstić information content (AvgIpc) is 2.61. The van der Waals surface area contributed by atoms with Crippen molar-refractivity contribution >= 4 is 17.9 Å². The highest BCUT2D eigenvalue weighted by Crippen LogP contribution is 2.19. The summed E-state index contributed by atoms with van der Waals surface area (Å²) in [4.78, 5) is 15.2. The van der Waals surface area contributed by atoms with E-state index < -0.39 is 5.97 Å². The van der Waals surface area contributed by atoms with Crippen molar-refractivity contribution in [2.75, 3.05) is 0 Å². The molecule has 3 nitrogen and oxygen atoms in total. The van der Waals surface area contributed by atoms with Gasteiger partial charge in [0.15, 0.2) is 0 Å². The van der Waals surface area contributed by atoms with E-state index in [4.69, 9.17) is 5.11 Å². The SMILES string of the molecule is O=C(O)c1ccc(N=Cc2ccc(-c3ccccc3)cc2)cc1. The lowest BCUT2D eigenvalue weighted by atomic mass is 10.0. The molecule has 0 saturated heterocycles. The molecular formula is C20H15NO2. The summed E-state index contributed by atoms with van der Waals surface area (Å²) in [6, 6.07) is 24.8. The zero-order chi connectivity index (χ0) is 16.1. The van der Waals surface area contributed by atoms with Gasteiger partial charge < -0.3 is 5.11 Å². The van der Waals surface area contributed by atoms with Gasteiger partial charge in [-0.1, -0.05) is 54.6 Å². The second kappa shape index (κ2) is 6.71. The van der Waals surface area contributed by atoms with Crippen LogP contribution >= 0.6 is 0 Å². The summed E-state index contributed by atoms with van der Waals surface area (Å²) in [5, 5.41) is 8.87. The molecule has 0 aliphatic rings. The number of nitrogens with zero attached hydrogens (tertiary/aromatic N) is 1. The van der Waals surface area contributed by atoms with Gasteiger partial charge in [-0.15, -0.1) is 0 Å². The van der Waals surface area contributed by atoms with Crippen LogP contribution in [-0.2, 0) is 0 Å². The van der Waals surface area contributed by atoms with Gasteiger partial charge in [0.05, 0.1) is 11.3 Å². The molecule has 1 N–H and O–H groups in total. The lowest BCUT2D eigenvalue weighted by molar-refractivity contribution is 0.0697. The van der Waals surface area contributed by atoms with Crippen LogP contribution in [0.1, 0.15) is 15.9 Å². The molecule has 0 aliphatic heterocycles. The minimum Gasteiger partial charge on any atom is -0.478 e. The second-order valence-electron chi connectivity index (χ2n) is 5.10. The number of carboxylic acids is 1. The third-order valence-electron chi connectivity index (χ3n) is 3.49. The first-order valence-electron chi connectivity index (χ1n) is 7.25. The summed E-state index contributed by atoms with van der Waals surface area (Å²) in [6.07, 6.45) is 1.77. The Labute approximate surface area is 134 Å². The van der Waals surface area contributed by atoms with Gasteiger partial charge in [-0.25, -0.2) is 4.79 Å². The summed E-state index contributed by atoms with van der Waals surface area (Å²) in [6.45, 7) is 0. The first-order chi connectivity index (χ1) is 11.2. The fourth-order valence-corrected chi connectivity index (χ4v) is 2.23. The molecule has 0 spiro atoms. The first kappa shape index (κ1) is 14.7. The number of carboxylic acid groups (broad SMARTS) is 1. The number of aliphatic imine (C=N–C) groups is 1. The van der Waals surface area contributed by atoms with Gasteiger partial charge in [0.25, 0.3) is 0 Å². The van der Waals surface area contributed by atoms with Gasteiger partial charge in [-0.3, -0.25) is 4.99 Å². The molecule has 0 saturated carbocycles. The Kier molecular flexibility index (Phi) is 4.29. The normalized spacial score (nSPS) is 10.8. The Hall–Kier alpha value is -3.20. The van der Waals surface area contributed by atoms with Crippen LogP contribution in [0.25, 0.3) is 11.1 Å². The van der Waals surface area contributed by atoms with E-state index in [0.29, 0.717) is 0 Å². The number of aromatic carboxylic acids is 1. The molecule has 0 aromatic heterocycles. The molecule has 112 valence electrons. The summed E-state index contributed by atoms with van der Waals surface area (Å²) in [5.74, 6) is -0.933. The topological polar surface area (TPSA) is 49.7 Å². The van der Waals surface area contributed by atoms with E-state index in [9.17, 15) is 4.79 Å². The van der Waals surface area contributed by atoms with Crippen molar-refractivity contribution in [3.8, 4) is 11.1 Å². The predicted molar refractivity (Wildman–Crippen MR) is 92.5 cm³/mol. The molecule has 0 unspecified atom stereocenters. The molecule has 0 amide bonds. The van der Waals surface area contributed by atoms with Crippen LogP contribution in [0.3, 0.4) is 0 Å². The lowest BCUT2D eigenvalue weighted by Crippen LogP contribution is -1.94. The minimum absolute atomic E-state index is 0.260. The van der Waals surface area contributed by atoms with Crippen LogP contribution in [0, 0.1) is 0 Å². The molecule has 0 heterocycles. The lowest BCUT2D eigenvalue weighted by Gasteiger charge is -2.01. The van der Waals surface area contributed by atoms with Crippen LogP contribution < -0.4 is 0 Å². The molecule has 0 aliphatic carbocycles. The quantitative estimate of drug-likeness (QED) is 0.703. The standard InChI is InChI=1S/C20H15NO2/c22-20(23)18-10-12-19(13-11-18)21-14-15-6-8-17(9-7-15)16-4-2-1-3-5-16/h1-14H,(H,22,23). The van der Waals surface area contributed by atoms with Crippen molar-refractivity contribution in [1.82, 2.24) is 0 Å². The molecule has 3 rings (SSSR count). The molecule has 0 atom stereocenters. The maximum absolute atomic E-state index is 10.8. The summed E-state index contributed by atoms with van der Waals surface area (Å²) >= 11 is 0. The van der Waals surface area contributed by atoms with Crippen molar-refractivity contribution in [3.63, 3.8) is 0 Å². The average molecular weight is 301 g/mol. The number of rotatable bonds is 4. The minimum atomic E-state index is -0.933. The highest BCUT2D eigenvalue weighted by Gasteiger charge is 2.00. The molecule has 0 fully saturated rings. The zero-order valence-corrected chi connectivity index (χ0v) is 12.4. The highest BCUT2D eigenvalue weighted by atomic mass is 16.4. The molecule has 0 bridgehead atoms. The second-order valence-corrected chi connectivity index (χ2v) is 5.10. The van der Waals surface area contributed by atoms with E-state index in [1.54, 1.807) is 30.5 Å². The van der Waals surface area contributed by atoms with Crippen molar-refractivity contribution in [3.05, 3.63) is 90.0 Å². The molecule has 3 aromatic carbocycles. The van der Waals surface area contributed by atoms with Gasteiger partial charge >= 0.3 is 5.97 Å². The fraction of sp³-hybridized carbons (Fsp3) is 0. The van der Waals surface area contributed by atoms with Crippen molar-refractivity contribution in [2.45, 2.75) is 0 Å². The Morgan fingerprint density at radius 1 is 0.783 bits per heavy atom. The van der Waals surface area contributed by atoms with Gasteiger partial charge in [-0.05, 0) is 41.0 Å². The van der Waals surface area contributed by atoms with Crippen molar-refractivity contribution < 1.29 is 9.90 Å². The van der Waals surface area contributed by atoms with Gasteiger partial charge in [0.2, 0.25) is 0 Å². The van der Waals surface area contributed by atoms with Crippen molar-refractivity contribution in [1.29, 1.82) is 0 Å². The smallest absolute Gasteiger partial charge is 0.335 e. The van der Waals surface area contributed by atoms with Gasteiger partial charge in [0.1, 0.15) is 0 Å². The van der Waals surface area contributed by atoms with Crippen molar-refractivity contribution in [2.24, 2.45) is 4.99 Å². The highest BCUT2D eigenvalue weighted by molar-refractivity contribution is 5.88. The number of carbonyl (C=O) groups is 1. The molecule has 3 heteroatoms. The Morgan fingerprint density at radius 3 is 2.00 bits per heavy atom. The van der Waals surface area contributed by atoms with E-state index >= 15 is 0 Å². The van der Waals surface area contributed by atoms with Crippen LogP contribution in [-0.4, -0.2) is 17.3 Å². The fourth-order valence-electron chi connectivity index (χ4n) is 2.23. The van der Waals surface area contributed by atoms with Crippen LogP contribution in [0.2, 0.25) is 0 Å². The molecular weight excluding hydrogens is 286 g/mol. The van der Waals surface area contributed by atoms with E-state index in [1.165, 1.54) is 5.56 Å². The number of hydrogen-bond donors (Lipinski definition) is 1. The van der Waals surface area contributed by atoms with Crippen LogP contribution in [0.15, 0.2) is 83.9 Å². The van der Waals surface area contributed by atoms with E-state index in [0.717, 1.165) is 16.8 Å². The molecule has 23 heavy (non-hydrogen) atoms. The van der Waals surface area contributed by atoms with E-state index in [1.807, 2.05) is 30.3 Å². The monoisotopic (exact) mass is 301 g/mol. The van der Waals surface area contributed by atoms with Gasteiger partial charge in [0, 0.05) is 6.21 Å². The van der Waals surface area contributed by atoms with Crippen LogP contribution in [0.5, 0.6) is 0 Å². The Morgan fingerprint density at radius 2 is 1.39 bits per heavy atom. The maximum Gasteiger partial charge on any atom is 0.335 e. The van der Waals surface area contributed by atoms with E-state index in [2.05, 4.69) is 29.3 Å².